The molecule has 129 heavy (non-hydrogen) atoms. The topological polar surface area (TPSA) is 282 Å². The molecule has 0 spiro atoms. The van der Waals surface area contributed by atoms with Gasteiger partial charge in [-0.15, -0.1) is 0 Å². The summed E-state index contributed by atoms with van der Waals surface area (Å²) in [6.45, 7) is 55.8. The van der Waals surface area contributed by atoms with Crippen molar-refractivity contribution in [1.29, 1.82) is 0 Å². The second kappa shape index (κ2) is 68.4. The van der Waals surface area contributed by atoms with Gasteiger partial charge in [0.1, 0.15) is 48.5 Å². The lowest BCUT2D eigenvalue weighted by Gasteiger charge is -2.45. The van der Waals surface area contributed by atoms with Crippen LogP contribution in [0.25, 0.3) is 0 Å². The Morgan fingerprint density at radius 2 is 0.775 bits per heavy atom. The molecule has 0 bridgehead atoms. The number of benzene rings is 4. The van der Waals surface area contributed by atoms with Gasteiger partial charge in [0.15, 0.2) is 43.8 Å². The molecule has 0 aliphatic carbocycles. The molecule has 752 valence electrons. The van der Waals surface area contributed by atoms with Crippen LogP contribution >= 0.6 is 90.1 Å². The summed E-state index contributed by atoms with van der Waals surface area (Å²) in [7, 11) is -13.7. The minimum Gasteiger partial charge on any atom is -0.467 e. The molecule has 0 fully saturated rings. The molecule has 28 nitrogen and oxygen atoms in total. The third-order valence-corrected chi connectivity index (χ3v) is 35.7. The maximum Gasteiger partial charge on any atom is 0.523 e. The molecule has 0 aliphatic heterocycles. The van der Waals surface area contributed by atoms with E-state index in [0.29, 0.717) is 89.2 Å². The van der Waals surface area contributed by atoms with Gasteiger partial charge in [-0.2, -0.15) is 21.6 Å². The fourth-order valence-corrected chi connectivity index (χ4v) is 19.1. The van der Waals surface area contributed by atoms with E-state index in [4.69, 9.17) is 83.8 Å². The smallest absolute Gasteiger partial charge is 0.467 e. The molecule has 0 heterocycles. The van der Waals surface area contributed by atoms with Gasteiger partial charge in [-0.25, -0.2) is 0 Å². The van der Waals surface area contributed by atoms with Crippen LogP contribution < -0.4 is 24.3 Å². The molecule has 0 saturated heterocycles. The Kier molecular flexibility index (Phi) is 67.6. The van der Waals surface area contributed by atoms with Crippen LogP contribution in [0.4, 0.5) is 13.2 Å². The quantitative estimate of drug-likeness (QED) is 0.00628. The van der Waals surface area contributed by atoms with Crippen molar-refractivity contribution in [3.63, 3.8) is 0 Å². The molecular formula is C89H161F3I3N4O24P3SSi2. The van der Waals surface area contributed by atoms with Crippen molar-refractivity contribution in [2.45, 2.75) is 215 Å². The molecular weight excluding hydrogens is 2130 g/mol. The van der Waals surface area contributed by atoms with E-state index in [1.807, 2.05) is 78.9 Å². The van der Waals surface area contributed by atoms with Crippen molar-refractivity contribution >= 4 is 117 Å². The highest BCUT2D eigenvalue weighted by Gasteiger charge is 2.48. The highest BCUT2D eigenvalue weighted by molar-refractivity contribution is 14.3. The molecule has 4 atom stereocenters. The fraction of sp³-hybridized carbons (Fsp3) is 0.730. The van der Waals surface area contributed by atoms with Gasteiger partial charge in [-0.3, -0.25) is 23.1 Å². The number of aryl methyl sites for hydroxylation is 1. The van der Waals surface area contributed by atoms with Gasteiger partial charge in [-0.05, 0) is 165 Å². The molecule has 0 amide bonds. The predicted octanol–water partition coefficient (Wildman–Crippen LogP) is 22.2. The third kappa shape index (κ3) is 56.3. The van der Waals surface area contributed by atoms with E-state index in [-0.39, 0.29) is 101 Å². The number of rotatable bonds is 64. The van der Waals surface area contributed by atoms with Crippen LogP contribution in [0.5, 0.6) is 23.0 Å². The number of alkyl halides is 6. The van der Waals surface area contributed by atoms with Crippen LogP contribution in [-0.4, -0.2) is 263 Å². The standard InChI is InChI=1S/C43H78N2O13P2Si.C34H57NO7Si.C6H15N.C4H8F3O4PS.C2H3I3/c1-13-39(44(33-59(46,54-14-2)55-15-3)30-37-22-18-20-24-41(37)52-35-50-28-26-48-9)40(32-58-61(11,12)43(6,7)8)45(34-60(47,56-16-4)57-17-5)31-38-23-19-21-25-42(38)53-36-51-29-27-49-10;1-9-31(35-24-29-15-11-13-17-33(29)41-27-39-23-21-37-6)30(25-42-43(7,8)34(2,3)4)19-18-28-14-10-12-16-32(28)40-26-38-22-20-36-5;1-4-7(5-2)6-3;1-12(2,8)3-11-13(9,10)4(5,6)7;1-2(3,4)5/h18-25,39-40H,13-17,26-36H2,1-12H3;10-17,30-31,35H,9,18-27H2,1-8H3;4-6H2,1-3H3;3H2,1-2H3;1H3/t39-,40-;30-,31-;;;/m00.../s1. The largest absolute Gasteiger partial charge is 0.523 e. The first-order chi connectivity index (χ1) is 60.5. The van der Waals surface area contributed by atoms with Crippen LogP contribution in [-0.2, 0) is 119 Å². The van der Waals surface area contributed by atoms with Crippen molar-refractivity contribution < 1.29 is 123 Å². The third-order valence-electron chi connectivity index (χ3n) is 20.7. The van der Waals surface area contributed by atoms with E-state index >= 15 is 0 Å². The number of halogens is 6. The second-order valence-electron chi connectivity index (χ2n) is 33.3. The number of nitrogens with one attached hydrogen (secondary N) is 1. The molecule has 0 saturated carbocycles. The number of nitrogens with zero attached hydrogens (tertiary/aromatic N) is 3. The number of ether oxygens (including phenoxy) is 12. The highest BCUT2D eigenvalue weighted by atomic mass is 127. The van der Waals surface area contributed by atoms with E-state index < -0.39 is 67.0 Å². The Morgan fingerprint density at radius 1 is 0.457 bits per heavy atom. The monoisotopic (exact) mass is 2290 g/mol. The van der Waals surface area contributed by atoms with E-state index in [1.165, 1.54) is 25.2 Å². The lowest BCUT2D eigenvalue weighted by atomic mass is 9.91. The summed E-state index contributed by atoms with van der Waals surface area (Å²) in [6, 6.07) is 31.2. The average Bonchev–Trinajstić information content (AvgIpc) is 0.782. The summed E-state index contributed by atoms with van der Waals surface area (Å²) in [5.41, 5.74) is -1.50. The summed E-state index contributed by atoms with van der Waals surface area (Å²) in [5, 5.41) is 3.89. The summed E-state index contributed by atoms with van der Waals surface area (Å²) in [6.07, 6.45) is 2.38. The zero-order valence-corrected chi connectivity index (χ0v) is 94.1. The van der Waals surface area contributed by atoms with E-state index in [9.17, 15) is 35.3 Å². The lowest BCUT2D eigenvalue weighted by molar-refractivity contribution is -0.0531. The van der Waals surface area contributed by atoms with Gasteiger partial charge in [0, 0.05) is 89.5 Å². The molecule has 40 heteroatoms. The Hall–Kier alpha value is -1.63. The van der Waals surface area contributed by atoms with Crippen molar-refractivity contribution in [1.82, 2.24) is 20.0 Å². The summed E-state index contributed by atoms with van der Waals surface area (Å²) in [5.74, 6) is 3.23. The Labute approximate surface area is 817 Å². The molecule has 0 radical (unpaired) electrons. The molecule has 1 N–H and O–H groups in total. The van der Waals surface area contributed by atoms with Gasteiger partial charge in [-0.1, -0.05) is 217 Å². The van der Waals surface area contributed by atoms with Crippen LogP contribution in [0.1, 0.15) is 152 Å². The van der Waals surface area contributed by atoms with Gasteiger partial charge in [0.2, 0.25) is 0 Å². The maximum absolute atomic E-state index is 14.7. The van der Waals surface area contributed by atoms with Crippen LogP contribution in [0.15, 0.2) is 97.1 Å². The lowest BCUT2D eigenvalue weighted by Crippen LogP contribution is -2.56. The normalized spacial score (nSPS) is 13.6. The number of methoxy groups -OCH3 is 4. The molecule has 4 aromatic carbocycles. The molecule has 0 aromatic heterocycles. The van der Waals surface area contributed by atoms with Gasteiger partial charge < -0.3 is 98.6 Å². The van der Waals surface area contributed by atoms with E-state index in [2.05, 4.69) is 219 Å². The van der Waals surface area contributed by atoms with Crippen molar-refractivity contribution in [2.24, 2.45) is 5.92 Å². The first-order valence-corrected chi connectivity index (χ1v) is 60.8. The van der Waals surface area contributed by atoms with Crippen LogP contribution in [0.2, 0.25) is 36.3 Å². The fourth-order valence-electron chi connectivity index (χ4n) is 11.7. The highest BCUT2D eigenvalue weighted by Crippen LogP contribution is 2.52. The molecule has 4 aromatic rings. The van der Waals surface area contributed by atoms with E-state index in [1.54, 1.807) is 56.1 Å². The zero-order valence-electron chi connectivity index (χ0n) is 82.1. The minimum atomic E-state index is -5.60. The Morgan fingerprint density at radius 3 is 1.08 bits per heavy atom. The summed E-state index contributed by atoms with van der Waals surface area (Å²) >= 11 is 7.05. The maximum atomic E-state index is 14.7. The first kappa shape index (κ1) is 127. The van der Waals surface area contributed by atoms with Crippen LogP contribution in [0.3, 0.4) is 0 Å². The van der Waals surface area contributed by atoms with Crippen molar-refractivity contribution in [2.75, 3.05) is 200 Å². The summed E-state index contributed by atoms with van der Waals surface area (Å²) < 4.78 is 204. The SMILES string of the molecule is CC(I)(I)I.CCN(CC)CC.CCOP(=O)(CN(Cc1ccccc1OCOCCOC)[C@@H](CC)[C@H](CO[Si](C)(C)C(C)(C)C)N(Cc1ccccc1OCOCCOC)CP(=O)(OCC)OCC)OCC.CC[C@H](NCc1ccccc1OCOCCOC)[C@@H](CCc1ccccc1OCOCCOC)CO[Si](C)(C)C(C)(C)C.CP(C)(=O)COS(=O)(=O)C(F)(F)F. The van der Waals surface area contributed by atoms with E-state index in [0.717, 1.165) is 67.4 Å². The van der Waals surface area contributed by atoms with Gasteiger partial charge in [0.25, 0.3) is 0 Å². The molecule has 4 rings (SSSR count). The van der Waals surface area contributed by atoms with Crippen molar-refractivity contribution in [3.8, 4) is 23.0 Å². The first-order valence-electron chi connectivity index (χ1n) is 44.1. The second-order valence-corrected chi connectivity index (χ2v) is 64.6. The number of hydrogen-bond acceptors (Lipinski definition) is 28. The van der Waals surface area contributed by atoms with Gasteiger partial charge in [0.05, 0.1) is 85.9 Å². The summed E-state index contributed by atoms with van der Waals surface area (Å²) in [4.78, 5) is 6.62. The van der Waals surface area contributed by atoms with Gasteiger partial charge >= 0.3 is 30.8 Å². The Balaban J connectivity index is 0.00000206. The number of hydrogen-bond donors (Lipinski definition) is 1. The Bertz CT molecular complexity index is 3790. The molecule has 0 unspecified atom stereocenters. The number of para-hydroxylation sites is 4. The average molecular weight is 2290 g/mol. The molecule has 0 aliphatic rings. The zero-order chi connectivity index (χ0) is 98.0. The predicted molar refractivity (Wildman–Crippen MR) is 543 cm³/mol. The van der Waals surface area contributed by atoms with Crippen molar-refractivity contribution in [3.05, 3.63) is 119 Å². The van der Waals surface area contributed by atoms with Crippen LogP contribution in [0, 0.1) is 5.92 Å². The minimum absolute atomic E-state index is 0.0169.